The normalized spacial score (nSPS) is 19.1. The van der Waals surface area contributed by atoms with Gasteiger partial charge in [-0.15, -0.1) is 0 Å². The maximum Gasteiger partial charge on any atom is 0.133 e. The van der Waals surface area contributed by atoms with E-state index in [2.05, 4.69) is 33.4 Å². The molecule has 0 bridgehead atoms. The Bertz CT molecular complexity index is 725. The summed E-state index contributed by atoms with van der Waals surface area (Å²) in [6.07, 6.45) is 8.19. The van der Waals surface area contributed by atoms with Crippen molar-refractivity contribution in [3.05, 3.63) is 47.9 Å². The highest BCUT2D eigenvalue weighted by atomic mass is 16.5. The first-order valence-corrected chi connectivity index (χ1v) is 9.79. The summed E-state index contributed by atoms with van der Waals surface area (Å²) in [6, 6.07) is 10.6. The van der Waals surface area contributed by atoms with E-state index >= 15 is 0 Å². The van der Waals surface area contributed by atoms with E-state index in [1.54, 1.807) is 7.11 Å². The third kappa shape index (κ3) is 3.98. The van der Waals surface area contributed by atoms with Gasteiger partial charge >= 0.3 is 0 Å². The molecule has 1 aliphatic heterocycles. The molecule has 0 radical (unpaired) electrons. The highest BCUT2D eigenvalue weighted by Crippen LogP contribution is 2.38. The number of nitrogens with zero attached hydrogens (tertiary/aromatic N) is 3. The van der Waals surface area contributed by atoms with Crippen LogP contribution in [0, 0.1) is 0 Å². The standard InChI is InChI=1S/C21H28N4O/c1-26-19-8-4-3-7-17(19)18(25-13-5-2-6-14-25)15-23-20-11-12-22-21(24-20)16-9-10-16/h3-4,7-8,11-12,16,18H,2,5-6,9-10,13-15H2,1H3,(H,22,23,24). The van der Waals surface area contributed by atoms with E-state index in [0.29, 0.717) is 5.92 Å². The van der Waals surface area contributed by atoms with Crippen molar-refractivity contribution >= 4 is 5.82 Å². The monoisotopic (exact) mass is 352 g/mol. The Morgan fingerprint density at radius 2 is 1.96 bits per heavy atom. The Balaban J connectivity index is 1.53. The second-order valence-corrected chi connectivity index (χ2v) is 7.31. The largest absolute Gasteiger partial charge is 0.496 e. The molecule has 1 atom stereocenters. The van der Waals surface area contributed by atoms with Crippen LogP contribution in [-0.4, -0.2) is 41.6 Å². The maximum absolute atomic E-state index is 5.65. The van der Waals surface area contributed by atoms with Gasteiger partial charge in [0.1, 0.15) is 17.4 Å². The lowest BCUT2D eigenvalue weighted by molar-refractivity contribution is 0.167. The molecule has 1 aromatic heterocycles. The lowest BCUT2D eigenvalue weighted by atomic mass is 10.0. The minimum atomic E-state index is 0.283. The van der Waals surface area contributed by atoms with Gasteiger partial charge in [0.05, 0.1) is 13.2 Å². The lowest BCUT2D eigenvalue weighted by Crippen LogP contribution is -2.37. The van der Waals surface area contributed by atoms with Gasteiger partial charge in [0.25, 0.3) is 0 Å². The van der Waals surface area contributed by atoms with Gasteiger partial charge < -0.3 is 10.1 Å². The van der Waals surface area contributed by atoms with Crippen LogP contribution < -0.4 is 10.1 Å². The number of likely N-dealkylation sites (tertiary alicyclic amines) is 1. The Labute approximate surface area is 155 Å². The third-order valence-electron chi connectivity index (χ3n) is 5.42. The summed E-state index contributed by atoms with van der Waals surface area (Å²) in [6.45, 7) is 3.10. The number of nitrogens with one attached hydrogen (secondary N) is 1. The van der Waals surface area contributed by atoms with Crippen LogP contribution >= 0.6 is 0 Å². The van der Waals surface area contributed by atoms with Gasteiger partial charge in [-0.2, -0.15) is 0 Å². The molecule has 138 valence electrons. The summed E-state index contributed by atoms with van der Waals surface area (Å²) in [5, 5.41) is 3.57. The van der Waals surface area contributed by atoms with Gasteiger partial charge in [-0.25, -0.2) is 9.97 Å². The number of anilines is 1. The molecular formula is C21H28N4O. The minimum Gasteiger partial charge on any atom is -0.496 e. The molecule has 4 rings (SSSR count). The fourth-order valence-corrected chi connectivity index (χ4v) is 3.82. The van der Waals surface area contributed by atoms with Crippen LogP contribution in [0.4, 0.5) is 5.82 Å². The number of ether oxygens (including phenoxy) is 1. The predicted octanol–water partition coefficient (Wildman–Crippen LogP) is 4.00. The van der Waals surface area contributed by atoms with Gasteiger partial charge in [-0.3, -0.25) is 4.90 Å². The lowest BCUT2D eigenvalue weighted by Gasteiger charge is -2.35. The molecule has 5 heteroatoms. The van der Waals surface area contributed by atoms with Gasteiger partial charge in [-0.05, 0) is 50.9 Å². The van der Waals surface area contributed by atoms with Gasteiger partial charge in [0.2, 0.25) is 0 Å². The number of piperidine rings is 1. The van der Waals surface area contributed by atoms with Gasteiger partial charge in [0.15, 0.2) is 0 Å². The Morgan fingerprint density at radius 1 is 1.15 bits per heavy atom. The molecule has 5 nitrogen and oxygen atoms in total. The SMILES string of the molecule is COc1ccccc1C(CNc1ccnc(C2CC2)n1)N1CCCCC1. The van der Waals surface area contributed by atoms with Crippen molar-refractivity contribution in [3.8, 4) is 5.75 Å². The number of methoxy groups -OCH3 is 1. The Morgan fingerprint density at radius 3 is 2.73 bits per heavy atom. The zero-order chi connectivity index (χ0) is 17.8. The summed E-state index contributed by atoms with van der Waals surface area (Å²) < 4.78 is 5.65. The number of para-hydroxylation sites is 1. The fraction of sp³-hybridized carbons (Fsp3) is 0.524. The summed E-state index contributed by atoms with van der Waals surface area (Å²) in [7, 11) is 1.76. The van der Waals surface area contributed by atoms with Crippen molar-refractivity contribution in [1.29, 1.82) is 0 Å². The number of hydrogen-bond donors (Lipinski definition) is 1. The number of aromatic nitrogens is 2. The highest BCUT2D eigenvalue weighted by molar-refractivity contribution is 5.39. The van der Waals surface area contributed by atoms with Crippen LogP contribution in [0.15, 0.2) is 36.5 Å². The van der Waals surface area contributed by atoms with Crippen LogP contribution in [0.2, 0.25) is 0 Å². The van der Waals surface area contributed by atoms with Crippen LogP contribution in [-0.2, 0) is 0 Å². The number of benzene rings is 1. The van der Waals surface area contributed by atoms with E-state index < -0.39 is 0 Å². The second kappa shape index (κ2) is 8.04. The van der Waals surface area contributed by atoms with Crippen molar-refractivity contribution < 1.29 is 4.74 Å². The summed E-state index contributed by atoms with van der Waals surface area (Å²) in [5.74, 6) is 3.45. The highest BCUT2D eigenvalue weighted by Gasteiger charge is 2.27. The fourth-order valence-electron chi connectivity index (χ4n) is 3.82. The first-order chi connectivity index (χ1) is 12.8. The summed E-state index contributed by atoms with van der Waals surface area (Å²) >= 11 is 0. The quantitative estimate of drug-likeness (QED) is 0.816. The average Bonchev–Trinajstić information content (AvgIpc) is 3.55. The van der Waals surface area contributed by atoms with E-state index in [1.807, 2.05) is 18.3 Å². The molecule has 2 aromatic rings. The molecule has 2 fully saturated rings. The molecule has 1 unspecified atom stereocenters. The molecule has 2 heterocycles. The maximum atomic E-state index is 5.65. The van der Waals surface area contributed by atoms with E-state index in [9.17, 15) is 0 Å². The van der Waals surface area contributed by atoms with Crippen LogP contribution in [0.5, 0.6) is 5.75 Å². The first kappa shape index (κ1) is 17.3. The molecule has 1 aromatic carbocycles. The predicted molar refractivity (Wildman–Crippen MR) is 104 cm³/mol. The molecule has 1 N–H and O–H groups in total. The Hall–Kier alpha value is -2.14. The Kier molecular flexibility index (Phi) is 5.34. The first-order valence-electron chi connectivity index (χ1n) is 9.79. The summed E-state index contributed by atoms with van der Waals surface area (Å²) in [5.41, 5.74) is 1.25. The third-order valence-corrected chi connectivity index (χ3v) is 5.42. The topological polar surface area (TPSA) is 50.3 Å². The van der Waals surface area contributed by atoms with Crippen molar-refractivity contribution in [2.24, 2.45) is 0 Å². The average molecular weight is 352 g/mol. The van der Waals surface area contributed by atoms with Crippen LogP contribution in [0.25, 0.3) is 0 Å². The van der Waals surface area contributed by atoms with Gasteiger partial charge in [0, 0.05) is 24.2 Å². The second-order valence-electron chi connectivity index (χ2n) is 7.31. The molecule has 1 saturated heterocycles. The van der Waals surface area contributed by atoms with Crippen LogP contribution in [0.1, 0.15) is 55.5 Å². The zero-order valence-electron chi connectivity index (χ0n) is 15.5. The van der Waals surface area contributed by atoms with Gasteiger partial charge in [-0.1, -0.05) is 24.6 Å². The van der Waals surface area contributed by atoms with Crippen molar-refractivity contribution in [1.82, 2.24) is 14.9 Å². The number of hydrogen-bond acceptors (Lipinski definition) is 5. The minimum absolute atomic E-state index is 0.283. The number of rotatable bonds is 7. The van der Waals surface area contributed by atoms with E-state index in [1.165, 1.54) is 37.7 Å². The van der Waals surface area contributed by atoms with Crippen molar-refractivity contribution in [2.75, 3.05) is 32.1 Å². The molecule has 1 saturated carbocycles. The molecule has 0 spiro atoms. The van der Waals surface area contributed by atoms with Crippen molar-refractivity contribution in [3.63, 3.8) is 0 Å². The van der Waals surface area contributed by atoms with Crippen molar-refractivity contribution in [2.45, 2.75) is 44.1 Å². The van der Waals surface area contributed by atoms with E-state index in [-0.39, 0.29) is 6.04 Å². The molecule has 26 heavy (non-hydrogen) atoms. The molecule has 1 aliphatic carbocycles. The molecule has 2 aliphatic rings. The summed E-state index contributed by atoms with van der Waals surface area (Å²) in [4.78, 5) is 11.7. The van der Waals surface area contributed by atoms with Crippen LogP contribution in [0.3, 0.4) is 0 Å². The zero-order valence-corrected chi connectivity index (χ0v) is 15.5. The van der Waals surface area contributed by atoms with E-state index in [4.69, 9.17) is 9.72 Å². The van der Waals surface area contributed by atoms with E-state index in [0.717, 1.165) is 37.0 Å². The smallest absolute Gasteiger partial charge is 0.133 e. The molecule has 0 amide bonds. The molecular weight excluding hydrogens is 324 g/mol.